The molecule has 21 heavy (non-hydrogen) atoms. The van der Waals surface area contributed by atoms with Crippen LogP contribution in [0.25, 0.3) is 0 Å². The maximum atomic E-state index is 12.5. The Balaban J connectivity index is 2.26. The average molecular weight is 353 g/mol. The molecule has 1 saturated carbocycles. The molecule has 2 rings (SSSR count). The van der Waals surface area contributed by atoms with Gasteiger partial charge in [-0.2, -0.15) is 0 Å². The number of benzene rings is 1. The van der Waals surface area contributed by atoms with E-state index in [2.05, 4.69) is 4.72 Å². The van der Waals surface area contributed by atoms with Gasteiger partial charge in [0, 0.05) is 24.7 Å². The van der Waals surface area contributed by atoms with E-state index >= 15 is 0 Å². The number of halogens is 2. The SMILES string of the molecule is COC1CCC(NS(=O)(=O)c2cc(Cl)cc(CN)c2Cl)C1. The summed E-state index contributed by atoms with van der Waals surface area (Å²) < 4.78 is 32.9. The number of hydrogen-bond acceptors (Lipinski definition) is 4. The van der Waals surface area contributed by atoms with Crippen molar-refractivity contribution in [3.05, 3.63) is 27.7 Å². The van der Waals surface area contributed by atoms with Gasteiger partial charge >= 0.3 is 0 Å². The molecule has 1 aliphatic carbocycles. The van der Waals surface area contributed by atoms with Crippen molar-refractivity contribution in [2.45, 2.75) is 42.8 Å². The minimum absolute atomic E-state index is 0.0296. The average Bonchev–Trinajstić information content (AvgIpc) is 2.87. The minimum atomic E-state index is -3.74. The van der Waals surface area contributed by atoms with Crippen molar-refractivity contribution < 1.29 is 13.2 Å². The molecular weight excluding hydrogens is 335 g/mol. The Bertz CT molecular complexity index is 622. The predicted molar refractivity (Wildman–Crippen MR) is 83.1 cm³/mol. The van der Waals surface area contributed by atoms with Gasteiger partial charge in [-0.05, 0) is 37.0 Å². The molecule has 2 atom stereocenters. The minimum Gasteiger partial charge on any atom is -0.381 e. The van der Waals surface area contributed by atoms with Crippen LogP contribution in [0.3, 0.4) is 0 Å². The molecule has 3 N–H and O–H groups in total. The lowest BCUT2D eigenvalue weighted by molar-refractivity contribution is 0.107. The second-order valence-electron chi connectivity index (χ2n) is 5.07. The van der Waals surface area contributed by atoms with Crippen molar-refractivity contribution >= 4 is 33.2 Å². The molecule has 118 valence electrons. The molecular formula is C13H18Cl2N2O3S. The Morgan fingerprint density at radius 3 is 2.67 bits per heavy atom. The first-order valence-electron chi connectivity index (χ1n) is 6.60. The van der Waals surface area contributed by atoms with Crippen LogP contribution in [0.15, 0.2) is 17.0 Å². The lowest BCUT2D eigenvalue weighted by Gasteiger charge is -2.15. The van der Waals surface area contributed by atoms with E-state index in [-0.39, 0.29) is 28.6 Å². The normalized spacial score (nSPS) is 22.7. The summed E-state index contributed by atoms with van der Waals surface area (Å²) in [5.41, 5.74) is 6.06. The van der Waals surface area contributed by atoms with E-state index in [1.807, 2.05) is 0 Å². The van der Waals surface area contributed by atoms with Crippen LogP contribution in [-0.2, 0) is 21.3 Å². The van der Waals surface area contributed by atoms with Gasteiger partial charge < -0.3 is 10.5 Å². The summed E-state index contributed by atoms with van der Waals surface area (Å²) >= 11 is 12.1. The van der Waals surface area contributed by atoms with Crippen LogP contribution in [0.5, 0.6) is 0 Å². The molecule has 1 aromatic rings. The molecule has 1 aromatic carbocycles. The highest BCUT2D eigenvalue weighted by Gasteiger charge is 2.30. The van der Waals surface area contributed by atoms with Crippen LogP contribution in [0.4, 0.5) is 0 Å². The molecule has 0 heterocycles. The van der Waals surface area contributed by atoms with Crippen LogP contribution < -0.4 is 10.5 Å². The molecule has 8 heteroatoms. The highest BCUT2D eigenvalue weighted by molar-refractivity contribution is 7.89. The summed E-state index contributed by atoms with van der Waals surface area (Å²) in [6.45, 7) is 0.122. The fraction of sp³-hybridized carbons (Fsp3) is 0.538. The van der Waals surface area contributed by atoms with Gasteiger partial charge in [0.1, 0.15) is 4.90 Å². The fourth-order valence-corrected chi connectivity index (χ4v) is 4.73. The van der Waals surface area contributed by atoms with Gasteiger partial charge in [0.05, 0.1) is 11.1 Å². The first kappa shape index (κ1) is 17.0. The monoisotopic (exact) mass is 352 g/mol. The second kappa shape index (κ2) is 6.81. The highest BCUT2D eigenvalue weighted by atomic mass is 35.5. The Kier molecular flexibility index (Phi) is 5.51. The molecule has 1 fully saturated rings. The highest BCUT2D eigenvalue weighted by Crippen LogP contribution is 2.30. The zero-order chi connectivity index (χ0) is 15.6. The smallest absolute Gasteiger partial charge is 0.242 e. The van der Waals surface area contributed by atoms with Crippen LogP contribution in [0.2, 0.25) is 10.0 Å². The van der Waals surface area contributed by atoms with E-state index in [1.165, 1.54) is 6.07 Å². The van der Waals surface area contributed by atoms with E-state index in [0.29, 0.717) is 17.0 Å². The molecule has 0 saturated heterocycles. The standard InChI is InChI=1S/C13H18Cl2N2O3S/c1-20-11-3-2-10(6-11)17-21(18,19)12-5-9(14)4-8(7-16)13(12)15/h4-5,10-11,17H,2-3,6-7,16H2,1H3. The molecule has 0 bridgehead atoms. The third-order valence-corrected chi connectivity index (χ3v) is 5.95. The van der Waals surface area contributed by atoms with Gasteiger partial charge in [-0.1, -0.05) is 23.2 Å². The van der Waals surface area contributed by atoms with Gasteiger partial charge in [-0.3, -0.25) is 0 Å². The van der Waals surface area contributed by atoms with Crippen molar-refractivity contribution in [2.75, 3.05) is 7.11 Å². The zero-order valence-corrected chi connectivity index (χ0v) is 13.9. The lowest BCUT2D eigenvalue weighted by Crippen LogP contribution is -2.33. The van der Waals surface area contributed by atoms with Gasteiger partial charge in [-0.25, -0.2) is 13.1 Å². The van der Waals surface area contributed by atoms with Crippen molar-refractivity contribution in [3.8, 4) is 0 Å². The fourth-order valence-electron chi connectivity index (χ4n) is 2.51. The van der Waals surface area contributed by atoms with Crippen LogP contribution in [-0.4, -0.2) is 27.7 Å². The van der Waals surface area contributed by atoms with Gasteiger partial charge in [0.2, 0.25) is 10.0 Å². The molecule has 0 aliphatic heterocycles. The van der Waals surface area contributed by atoms with Crippen molar-refractivity contribution in [3.63, 3.8) is 0 Å². The number of rotatable bonds is 5. The summed E-state index contributed by atoms with van der Waals surface area (Å²) in [6.07, 6.45) is 2.31. The first-order chi connectivity index (χ1) is 9.87. The summed E-state index contributed by atoms with van der Waals surface area (Å²) in [5, 5.41) is 0.414. The molecule has 0 spiro atoms. The maximum absolute atomic E-state index is 12.5. The molecule has 0 amide bonds. The van der Waals surface area contributed by atoms with Gasteiger partial charge in [-0.15, -0.1) is 0 Å². The molecule has 5 nitrogen and oxygen atoms in total. The van der Waals surface area contributed by atoms with E-state index in [0.717, 1.165) is 12.8 Å². The van der Waals surface area contributed by atoms with Crippen LogP contribution in [0.1, 0.15) is 24.8 Å². The molecule has 2 unspecified atom stereocenters. The van der Waals surface area contributed by atoms with Crippen LogP contribution >= 0.6 is 23.2 Å². The number of sulfonamides is 1. The number of nitrogens with two attached hydrogens (primary N) is 1. The van der Waals surface area contributed by atoms with E-state index in [9.17, 15) is 8.42 Å². The number of ether oxygens (including phenoxy) is 1. The summed E-state index contributed by atoms with van der Waals surface area (Å²) in [7, 11) is -2.11. The molecule has 1 aliphatic rings. The summed E-state index contributed by atoms with van der Waals surface area (Å²) in [4.78, 5) is -0.0296. The topological polar surface area (TPSA) is 81.4 Å². The van der Waals surface area contributed by atoms with E-state index < -0.39 is 10.0 Å². The van der Waals surface area contributed by atoms with Gasteiger partial charge in [0.25, 0.3) is 0 Å². The second-order valence-corrected chi connectivity index (χ2v) is 7.57. The van der Waals surface area contributed by atoms with E-state index in [1.54, 1.807) is 13.2 Å². The van der Waals surface area contributed by atoms with Crippen molar-refractivity contribution in [1.82, 2.24) is 4.72 Å². The number of hydrogen-bond donors (Lipinski definition) is 2. The third kappa shape index (κ3) is 3.88. The Hall–Kier alpha value is -0.370. The summed E-state index contributed by atoms with van der Waals surface area (Å²) in [5.74, 6) is 0. The summed E-state index contributed by atoms with van der Waals surface area (Å²) in [6, 6.07) is 2.75. The Labute approximate surface area is 134 Å². The quantitative estimate of drug-likeness (QED) is 0.851. The predicted octanol–water partition coefficient (Wildman–Crippen LogP) is 2.30. The van der Waals surface area contributed by atoms with E-state index in [4.69, 9.17) is 33.7 Å². The molecule has 0 radical (unpaired) electrons. The van der Waals surface area contributed by atoms with Crippen molar-refractivity contribution in [2.24, 2.45) is 5.73 Å². The Morgan fingerprint density at radius 1 is 1.38 bits per heavy atom. The van der Waals surface area contributed by atoms with Gasteiger partial charge in [0.15, 0.2) is 0 Å². The van der Waals surface area contributed by atoms with Crippen LogP contribution in [0, 0.1) is 0 Å². The zero-order valence-electron chi connectivity index (χ0n) is 11.6. The lowest BCUT2D eigenvalue weighted by atomic mass is 10.2. The number of methoxy groups -OCH3 is 1. The third-order valence-electron chi connectivity index (χ3n) is 3.63. The number of nitrogens with one attached hydrogen (secondary N) is 1. The van der Waals surface area contributed by atoms with Crippen molar-refractivity contribution in [1.29, 1.82) is 0 Å². The maximum Gasteiger partial charge on any atom is 0.242 e. The largest absolute Gasteiger partial charge is 0.381 e. The molecule has 0 aromatic heterocycles. The first-order valence-corrected chi connectivity index (χ1v) is 8.84. The Morgan fingerprint density at radius 2 is 2.10 bits per heavy atom.